The first kappa shape index (κ1) is 10.1. The molecule has 0 unspecified atom stereocenters. The fourth-order valence-electron chi connectivity index (χ4n) is 0.513. The van der Waals surface area contributed by atoms with Gasteiger partial charge in [-0.05, 0) is 12.0 Å². The highest BCUT2D eigenvalue weighted by atomic mass is 14.8. The molecule has 1 rings (SSSR count). The van der Waals surface area contributed by atoms with Gasteiger partial charge in [0.25, 0.3) is 0 Å². The lowest BCUT2D eigenvalue weighted by Crippen LogP contribution is -1.81. The molecule has 2 nitrogen and oxygen atoms in total. The number of hydrogen-bond acceptors (Lipinski definition) is 2. The maximum Gasteiger partial charge on any atom is 0.115 e. The summed E-state index contributed by atoms with van der Waals surface area (Å²) in [5.74, 6) is 0. The molecule has 1 aromatic rings. The number of hydrogen-bond donors (Lipinski definition) is 0. The molecule has 2 heteroatoms. The SMILES string of the molecule is CCC.CCc1cncnc1. The molecule has 0 aliphatic carbocycles. The van der Waals surface area contributed by atoms with Gasteiger partial charge in [0.2, 0.25) is 0 Å². The van der Waals surface area contributed by atoms with Gasteiger partial charge in [-0.25, -0.2) is 9.97 Å². The van der Waals surface area contributed by atoms with Gasteiger partial charge in [0.15, 0.2) is 0 Å². The van der Waals surface area contributed by atoms with E-state index in [0.717, 1.165) is 6.42 Å². The van der Waals surface area contributed by atoms with Crippen LogP contribution in [0.3, 0.4) is 0 Å². The minimum absolute atomic E-state index is 1.01. The number of nitrogens with zero attached hydrogens (tertiary/aromatic N) is 2. The summed E-state index contributed by atoms with van der Waals surface area (Å²) >= 11 is 0. The monoisotopic (exact) mass is 152 g/mol. The zero-order valence-corrected chi connectivity index (χ0v) is 7.54. The third-order valence-corrected chi connectivity index (χ3v) is 1.02. The fraction of sp³-hybridized carbons (Fsp3) is 0.556. The van der Waals surface area contributed by atoms with Crippen LogP contribution in [0.5, 0.6) is 0 Å². The Kier molecular flexibility index (Phi) is 6.59. The molecule has 0 saturated heterocycles. The van der Waals surface area contributed by atoms with E-state index in [0.29, 0.717) is 0 Å². The molecule has 0 fully saturated rings. The molecule has 11 heavy (non-hydrogen) atoms. The maximum atomic E-state index is 3.84. The Morgan fingerprint density at radius 2 is 1.55 bits per heavy atom. The van der Waals surface area contributed by atoms with Crippen LogP contribution in [0.25, 0.3) is 0 Å². The summed E-state index contributed by atoms with van der Waals surface area (Å²) in [6, 6.07) is 0. The molecule has 0 aromatic carbocycles. The third kappa shape index (κ3) is 5.52. The summed E-state index contributed by atoms with van der Waals surface area (Å²) in [5.41, 5.74) is 1.19. The van der Waals surface area contributed by atoms with E-state index in [1.807, 2.05) is 12.4 Å². The Bertz CT molecular complexity index is 160. The van der Waals surface area contributed by atoms with E-state index in [1.165, 1.54) is 12.0 Å². The van der Waals surface area contributed by atoms with E-state index >= 15 is 0 Å². The highest BCUT2D eigenvalue weighted by Gasteiger charge is 1.82. The average molecular weight is 152 g/mol. The van der Waals surface area contributed by atoms with Crippen molar-refractivity contribution in [1.29, 1.82) is 0 Å². The molecule has 0 bridgehead atoms. The molecule has 0 spiro atoms. The van der Waals surface area contributed by atoms with Crippen molar-refractivity contribution in [2.24, 2.45) is 0 Å². The van der Waals surface area contributed by atoms with Crippen LogP contribution in [0.15, 0.2) is 18.7 Å². The van der Waals surface area contributed by atoms with Crippen molar-refractivity contribution in [2.75, 3.05) is 0 Å². The van der Waals surface area contributed by atoms with E-state index in [4.69, 9.17) is 0 Å². The minimum Gasteiger partial charge on any atom is -0.245 e. The van der Waals surface area contributed by atoms with Gasteiger partial charge < -0.3 is 0 Å². The van der Waals surface area contributed by atoms with Crippen LogP contribution in [0, 0.1) is 0 Å². The summed E-state index contributed by atoms with van der Waals surface area (Å²) in [6.07, 6.45) is 7.46. The van der Waals surface area contributed by atoms with Crippen LogP contribution < -0.4 is 0 Å². The number of rotatable bonds is 1. The lowest BCUT2D eigenvalue weighted by atomic mass is 10.3. The van der Waals surface area contributed by atoms with Crippen molar-refractivity contribution >= 4 is 0 Å². The standard InChI is InChI=1S/C6H8N2.C3H8/c1-2-6-3-7-5-8-4-6;1-3-2/h3-5H,2H2,1H3;3H2,1-2H3. The summed E-state index contributed by atoms with van der Waals surface area (Å²) < 4.78 is 0. The largest absolute Gasteiger partial charge is 0.245 e. The molecular weight excluding hydrogens is 136 g/mol. The topological polar surface area (TPSA) is 25.8 Å². The zero-order chi connectivity index (χ0) is 8.53. The maximum absolute atomic E-state index is 3.84. The van der Waals surface area contributed by atoms with Crippen LogP contribution >= 0.6 is 0 Å². The average Bonchev–Trinajstić information content (AvgIpc) is 2.08. The summed E-state index contributed by atoms with van der Waals surface area (Å²) in [5, 5.41) is 0. The quantitative estimate of drug-likeness (QED) is 0.617. The third-order valence-electron chi connectivity index (χ3n) is 1.02. The van der Waals surface area contributed by atoms with E-state index in [9.17, 15) is 0 Å². The lowest BCUT2D eigenvalue weighted by Gasteiger charge is -1.88. The van der Waals surface area contributed by atoms with Gasteiger partial charge in [-0.15, -0.1) is 0 Å². The van der Waals surface area contributed by atoms with E-state index in [1.54, 1.807) is 6.33 Å². The van der Waals surface area contributed by atoms with Gasteiger partial charge in [0.05, 0.1) is 0 Å². The smallest absolute Gasteiger partial charge is 0.115 e. The Hall–Kier alpha value is -0.920. The molecule has 0 aliphatic rings. The first-order valence-corrected chi connectivity index (χ1v) is 4.09. The van der Waals surface area contributed by atoms with Crippen LogP contribution in [-0.2, 0) is 6.42 Å². The van der Waals surface area contributed by atoms with Crippen molar-refractivity contribution < 1.29 is 0 Å². The molecule has 1 heterocycles. The molecule has 0 saturated carbocycles. The van der Waals surface area contributed by atoms with Crippen LogP contribution in [0.1, 0.15) is 32.8 Å². The summed E-state index contributed by atoms with van der Waals surface area (Å²) in [4.78, 5) is 7.69. The van der Waals surface area contributed by atoms with Gasteiger partial charge in [0, 0.05) is 12.4 Å². The normalized spacial score (nSPS) is 8.27. The van der Waals surface area contributed by atoms with Gasteiger partial charge in [-0.2, -0.15) is 0 Å². The molecule has 0 N–H and O–H groups in total. The first-order valence-electron chi connectivity index (χ1n) is 4.09. The number of aromatic nitrogens is 2. The Morgan fingerprint density at radius 3 is 1.82 bits per heavy atom. The molecule has 0 radical (unpaired) electrons. The fourth-order valence-corrected chi connectivity index (χ4v) is 0.513. The highest BCUT2D eigenvalue weighted by Crippen LogP contribution is 1.90. The molecular formula is C9H16N2. The zero-order valence-electron chi connectivity index (χ0n) is 7.54. The summed E-state index contributed by atoms with van der Waals surface area (Å²) in [7, 11) is 0. The van der Waals surface area contributed by atoms with E-state index in [-0.39, 0.29) is 0 Å². The molecule has 0 atom stereocenters. The lowest BCUT2D eigenvalue weighted by molar-refractivity contribution is 1.04. The first-order chi connectivity index (χ1) is 5.35. The van der Waals surface area contributed by atoms with Crippen molar-refractivity contribution in [3.8, 4) is 0 Å². The molecule has 62 valence electrons. The number of aryl methyl sites for hydroxylation is 1. The van der Waals surface area contributed by atoms with Crippen molar-refractivity contribution in [2.45, 2.75) is 33.6 Å². The van der Waals surface area contributed by atoms with Crippen LogP contribution in [0.2, 0.25) is 0 Å². The van der Waals surface area contributed by atoms with Crippen LogP contribution in [0.4, 0.5) is 0 Å². The van der Waals surface area contributed by atoms with Gasteiger partial charge in [0.1, 0.15) is 6.33 Å². The minimum atomic E-state index is 1.01. The second-order valence-corrected chi connectivity index (χ2v) is 2.31. The van der Waals surface area contributed by atoms with E-state index < -0.39 is 0 Å². The Balaban J connectivity index is 0.000000292. The second kappa shape index (κ2) is 7.19. The Morgan fingerprint density at radius 1 is 1.09 bits per heavy atom. The predicted octanol–water partition coefficient (Wildman–Crippen LogP) is 2.46. The van der Waals surface area contributed by atoms with Gasteiger partial charge >= 0.3 is 0 Å². The van der Waals surface area contributed by atoms with Gasteiger partial charge in [-0.3, -0.25) is 0 Å². The predicted molar refractivity (Wildman–Crippen MR) is 47.4 cm³/mol. The second-order valence-electron chi connectivity index (χ2n) is 2.31. The van der Waals surface area contributed by atoms with Crippen molar-refractivity contribution in [3.05, 3.63) is 24.3 Å². The van der Waals surface area contributed by atoms with E-state index in [2.05, 4.69) is 30.7 Å². The Labute approximate surface area is 68.7 Å². The molecule has 0 amide bonds. The molecule has 1 aromatic heterocycles. The highest BCUT2D eigenvalue weighted by molar-refractivity contribution is 5.00. The van der Waals surface area contributed by atoms with Crippen molar-refractivity contribution in [3.63, 3.8) is 0 Å². The molecule has 0 aliphatic heterocycles. The van der Waals surface area contributed by atoms with Gasteiger partial charge in [-0.1, -0.05) is 27.2 Å². The van der Waals surface area contributed by atoms with Crippen LogP contribution in [-0.4, -0.2) is 9.97 Å². The van der Waals surface area contributed by atoms with Crippen molar-refractivity contribution in [1.82, 2.24) is 9.97 Å². The summed E-state index contributed by atoms with van der Waals surface area (Å²) in [6.45, 7) is 6.33.